The molecule has 1 aromatic rings. The molecule has 1 aliphatic heterocycles. The van der Waals surface area contributed by atoms with Gasteiger partial charge < -0.3 is 5.32 Å². The smallest absolute Gasteiger partial charge is 0.220 e. The molecule has 1 aromatic carbocycles. The first-order valence-corrected chi connectivity index (χ1v) is 6.93. The summed E-state index contributed by atoms with van der Waals surface area (Å²) in [5, 5.41) is 4.27. The summed E-state index contributed by atoms with van der Waals surface area (Å²) >= 11 is 11.9. The van der Waals surface area contributed by atoms with Crippen molar-refractivity contribution in [1.82, 2.24) is 5.32 Å². The van der Waals surface area contributed by atoms with E-state index in [1.165, 1.54) is 0 Å². The molecule has 0 aromatic heterocycles. The molecule has 0 spiro atoms. The SMILES string of the molecule is CC(C)C1(Cc2ccc(Cl)c(Cl)c2)CCC(=O)N1. The maximum Gasteiger partial charge on any atom is 0.220 e. The van der Waals surface area contributed by atoms with E-state index in [9.17, 15) is 4.79 Å². The van der Waals surface area contributed by atoms with Crippen LogP contribution in [0.15, 0.2) is 18.2 Å². The fraction of sp³-hybridized carbons (Fsp3) is 0.500. The van der Waals surface area contributed by atoms with Crippen LogP contribution in [0.25, 0.3) is 0 Å². The van der Waals surface area contributed by atoms with Crippen molar-refractivity contribution in [3.63, 3.8) is 0 Å². The van der Waals surface area contributed by atoms with E-state index in [0.717, 1.165) is 18.4 Å². The number of nitrogens with one attached hydrogen (secondary N) is 1. The third-order valence-electron chi connectivity index (χ3n) is 3.80. The standard InChI is InChI=1S/C14H17Cl2NO/c1-9(2)14(6-5-13(18)17-14)8-10-3-4-11(15)12(16)7-10/h3-4,7,9H,5-6,8H2,1-2H3,(H,17,18). The number of benzene rings is 1. The van der Waals surface area contributed by atoms with Crippen LogP contribution in [0.1, 0.15) is 32.3 Å². The zero-order valence-corrected chi connectivity index (χ0v) is 12.1. The largest absolute Gasteiger partial charge is 0.350 e. The van der Waals surface area contributed by atoms with Gasteiger partial charge in [-0.1, -0.05) is 43.1 Å². The zero-order valence-electron chi connectivity index (χ0n) is 10.6. The van der Waals surface area contributed by atoms with E-state index < -0.39 is 0 Å². The van der Waals surface area contributed by atoms with Crippen molar-refractivity contribution in [3.8, 4) is 0 Å². The minimum atomic E-state index is -0.145. The molecule has 1 unspecified atom stereocenters. The summed E-state index contributed by atoms with van der Waals surface area (Å²) in [5.74, 6) is 0.530. The molecule has 2 rings (SSSR count). The minimum Gasteiger partial charge on any atom is -0.350 e. The molecule has 1 aliphatic rings. The highest BCUT2D eigenvalue weighted by Crippen LogP contribution is 2.33. The van der Waals surface area contributed by atoms with Crippen LogP contribution < -0.4 is 5.32 Å². The summed E-state index contributed by atoms with van der Waals surface area (Å²) in [4.78, 5) is 11.5. The maximum absolute atomic E-state index is 11.5. The lowest BCUT2D eigenvalue weighted by atomic mass is 9.80. The van der Waals surface area contributed by atoms with Crippen LogP contribution in [-0.2, 0) is 11.2 Å². The van der Waals surface area contributed by atoms with Gasteiger partial charge in [0.25, 0.3) is 0 Å². The number of carbonyl (C=O) groups is 1. The van der Waals surface area contributed by atoms with Gasteiger partial charge in [0.05, 0.1) is 10.0 Å². The normalized spacial score (nSPS) is 23.5. The van der Waals surface area contributed by atoms with Gasteiger partial charge in [0.15, 0.2) is 0 Å². The molecule has 0 aliphatic carbocycles. The van der Waals surface area contributed by atoms with Gasteiger partial charge in [0.2, 0.25) is 5.91 Å². The summed E-state index contributed by atoms with van der Waals surface area (Å²) in [5.41, 5.74) is 0.967. The van der Waals surface area contributed by atoms with E-state index >= 15 is 0 Å². The van der Waals surface area contributed by atoms with Gasteiger partial charge in [-0.05, 0) is 36.5 Å². The lowest BCUT2D eigenvalue weighted by Crippen LogP contribution is -2.48. The van der Waals surface area contributed by atoms with E-state index in [1.807, 2.05) is 18.2 Å². The first kappa shape index (κ1) is 13.7. The van der Waals surface area contributed by atoms with Gasteiger partial charge in [-0.15, -0.1) is 0 Å². The molecular formula is C14H17Cl2NO. The Balaban J connectivity index is 2.24. The molecule has 2 nitrogen and oxygen atoms in total. The van der Waals surface area contributed by atoms with Gasteiger partial charge in [0, 0.05) is 12.0 Å². The average Bonchev–Trinajstić information content (AvgIpc) is 2.67. The van der Waals surface area contributed by atoms with E-state index in [4.69, 9.17) is 23.2 Å². The van der Waals surface area contributed by atoms with Gasteiger partial charge in [0.1, 0.15) is 0 Å². The number of halogens is 2. The second kappa shape index (κ2) is 5.10. The lowest BCUT2D eigenvalue weighted by Gasteiger charge is -2.33. The van der Waals surface area contributed by atoms with Crippen LogP contribution in [0.2, 0.25) is 10.0 Å². The van der Waals surface area contributed by atoms with E-state index in [1.54, 1.807) is 0 Å². The summed E-state index contributed by atoms with van der Waals surface area (Å²) in [7, 11) is 0. The van der Waals surface area contributed by atoms with Crippen molar-refractivity contribution in [3.05, 3.63) is 33.8 Å². The molecular weight excluding hydrogens is 269 g/mol. The average molecular weight is 286 g/mol. The highest BCUT2D eigenvalue weighted by Gasteiger charge is 2.40. The van der Waals surface area contributed by atoms with E-state index in [0.29, 0.717) is 22.4 Å². The Bertz CT molecular complexity index is 473. The Morgan fingerprint density at radius 2 is 2.06 bits per heavy atom. The van der Waals surface area contributed by atoms with Crippen LogP contribution in [0.4, 0.5) is 0 Å². The van der Waals surface area contributed by atoms with Crippen molar-refractivity contribution >= 4 is 29.1 Å². The second-order valence-corrected chi connectivity index (χ2v) is 6.10. The maximum atomic E-state index is 11.5. The number of amides is 1. The molecule has 1 heterocycles. The number of hydrogen-bond donors (Lipinski definition) is 1. The van der Waals surface area contributed by atoms with Crippen molar-refractivity contribution in [2.24, 2.45) is 5.92 Å². The predicted molar refractivity (Wildman–Crippen MR) is 75.1 cm³/mol. The third-order valence-corrected chi connectivity index (χ3v) is 4.53. The first-order valence-electron chi connectivity index (χ1n) is 6.18. The van der Waals surface area contributed by atoms with Gasteiger partial charge >= 0.3 is 0 Å². The quantitative estimate of drug-likeness (QED) is 0.898. The fourth-order valence-corrected chi connectivity index (χ4v) is 2.84. The van der Waals surface area contributed by atoms with Gasteiger partial charge in [-0.25, -0.2) is 0 Å². The van der Waals surface area contributed by atoms with Crippen LogP contribution >= 0.6 is 23.2 Å². The lowest BCUT2D eigenvalue weighted by molar-refractivity contribution is -0.120. The second-order valence-electron chi connectivity index (χ2n) is 5.28. The highest BCUT2D eigenvalue weighted by molar-refractivity contribution is 6.42. The van der Waals surface area contributed by atoms with Crippen molar-refractivity contribution in [1.29, 1.82) is 0 Å². The summed E-state index contributed by atoms with van der Waals surface area (Å²) < 4.78 is 0. The molecule has 1 saturated heterocycles. The molecule has 0 bridgehead atoms. The summed E-state index contributed by atoms with van der Waals surface area (Å²) in [6.45, 7) is 4.28. The molecule has 1 N–H and O–H groups in total. The number of hydrogen-bond acceptors (Lipinski definition) is 1. The minimum absolute atomic E-state index is 0.142. The Morgan fingerprint density at radius 3 is 2.56 bits per heavy atom. The number of carbonyl (C=O) groups excluding carboxylic acids is 1. The number of rotatable bonds is 3. The molecule has 1 amide bonds. The van der Waals surface area contributed by atoms with Crippen LogP contribution in [0, 0.1) is 5.92 Å². The van der Waals surface area contributed by atoms with E-state index in [2.05, 4.69) is 19.2 Å². The molecule has 0 saturated carbocycles. The molecule has 1 atom stereocenters. The Kier molecular flexibility index (Phi) is 3.88. The highest BCUT2D eigenvalue weighted by atomic mass is 35.5. The van der Waals surface area contributed by atoms with E-state index in [-0.39, 0.29) is 11.4 Å². The topological polar surface area (TPSA) is 29.1 Å². The summed E-state index contributed by atoms with van der Waals surface area (Å²) in [6, 6.07) is 5.67. The Labute approximate surface area is 118 Å². The molecule has 1 fully saturated rings. The molecule has 98 valence electrons. The molecule has 4 heteroatoms. The van der Waals surface area contributed by atoms with Crippen molar-refractivity contribution < 1.29 is 4.79 Å². The van der Waals surface area contributed by atoms with Crippen LogP contribution in [-0.4, -0.2) is 11.4 Å². The first-order chi connectivity index (χ1) is 8.43. The monoisotopic (exact) mass is 285 g/mol. The van der Waals surface area contributed by atoms with Crippen molar-refractivity contribution in [2.75, 3.05) is 0 Å². The van der Waals surface area contributed by atoms with Gasteiger partial charge in [-0.3, -0.25) is 4.79 Å². The Hall–Kier alpha value is -0.730. The van der Waals surface area contributed by atoms with Gasteiger partial charge in [-0.2, -0.15) is 0 Å². The molecule has 18 heavy (non-hydrogen) atoms. The van der Waals surface area contributed by atoms with Crippen LogP contribution in [0.3, 0.4) is 0 Å². The molecule has 0 radical (unpaired) electrons. The van der Waals surface area contributed by atoms with Crippen LogP contribution in [0.5, 0.6) is 0 Å². The zero-order chi connectivity index (χ0) is 13.3. The third kappa shape index (κ3) is 2.65. The predicted octanol–water partition coefficient (Wildman–Crippen LogP) is 3.84. The summed E-state index contributed by atoms with van der Waals surface area (Å²) in [6.07, 6.45) is 2.29. The fourth-order valence-electron chi connectivity index (χ4n) is 2.52. The Morgan fingerprint density at radius 1 is 1.33 bits per heavy atom. The van der Waals surface area contributed by atoms with Crippen molar-refractivity contribution in [2.45, 2.75) is 38.6 Å².